The zero-order valence-electron chi connectivity index (χ0n) is 8.81. The van der Waals surface area contributed by atoms with E-state index in [4.69, 9.17) is 0 Å². The largest absolute Gasteiger partial charge is 0.294 e. The van der Waals surface area contributed by atoms with Gasteiger partial charge in [-0.15, -0.1) is 0 Å². The molecule has 1 aromatic heterocycles. The highest BCUT2D eigenvalue weighted by molar-refractivity contribution is 9.10. The van der Waals surface area contributed by atoms with Gasteiger partial charge in [0.25, 0.3) is 11.2 Å². The summed E-state index contributed by atoms with van der Waals surface area (Å²) < 4.78 is 1.68. The van der Waals surface area contributed by atoms with Crippen molar-refractivity contribution in [1.29, 1.82) is 0 Å². The lowest BCUT2D eigenvalue weighted by Crippen LogP contribution is -2.14. The number of H-pyrrole nitrogens is 1. The minimum absolute atomic E-state index is 0.0576. The number of nitrogens with one attached hydrogen (secondary N) is 1. The van der Waals surface area contributed by atoms with Crippen LogP contribution in [0.25, 0.3) is 5.69 Å². The first-order valence-electron chi connectivity index (χ1n) is 4.72. The molecule has 2 aromatic rings. The first-order chi connectivity index (χ1) is 8.00. The molecule has 0 aliphatic heterocycles. The molecule has 0 aliphatic rings. The fourth-order valence-electron chi connectivity index (χ4n) is 1.45. The van der Waals surface area contributed by atoms with Crippen molar-refractivity contribution in [3.63, 3.8) is 0 Å². The Labute approximate surface area is 104 Å². The third kappa shape index (κ3) is 2.01. The Morgan fingerprint density at radius 1 is 1.47 bits per heavy atom. The molecule has 0 atom stereocenters. The van der Waals surface area contributed by atoms with E-state index < -0.39 is 4.92 Å². The van der Waals surface area contributed by atoms with Gasteiger partial charge in [0.15, 0.2) is 0 Å². The normalized spacial score (nSPS) is 10.5. The molecular weight excluding hydrogens is 290 g/mol. The van der Waals surface area contributed by atoms with E-state index in [9.17, 15) is 14.9 Å². The summed E-state index contributed by atoms with van der Waals surface area (Å²) in [5, 5.41) is 13.5. The van der Waals surface area contributed by atoms with Crippen molar-refractivity contribution in [2.75, 3.05) is 0 Å². The minimum Gasteiger partial charge on any atom is -0.294 e. The van der Waals surface area contributed by atoms with Crippen LogP contribution in [0.2, 0.25) is 0 Å². The van der Waals surface area contributed by atoms with E-state index in [0.717, 1.165) is 0 Å². The Hall–Kier alpha value is -1.89. The van der Waals surface area contributed by atoms with Crippen LogP contribution in [0.3, 0.4) is 0 Å². The van der Waals surface area contributed by atoms with Gasteiger partial charge in [0, 0.05) is 17.8 Å². The van der Waals surface area contributed by atoms with Crippen molar-refractivity contribution < 1.29 is 4.92 Å². The zero-order valence-corrected chi connectivity index (χ0v) is 10.4. The molecule has 7 heteroatoms. The minimum atomic E-state index is -0.501. The number of hydrogen-bond acceptors (Lipinski definition) is 3. The fraction of sp³-hybridized carbons (Fsp3) is 0.100. The van der Waals surface area contributed by atoms with Crippen LogP contribution in [0, 0.1) is 17.0 Å². The second-order valence-electron chi connectivity index (χ2n) is 3.47. The van der Waals surface area contributed by atoms with E-state index in [0.29, 0.717) is 15.9 Å². The molecule has 88 valence electrons. The van der Waals surface area contributed by atoms with E-state index in [-0.39, 0.29) is 11.2 Å². The van der Waals surface area contributed by atoms with Crippen LogP contribution in [0.15, 0.2) is 33.5 Å². The number of rotatable bonds is 2. The zero-order chi connectivity index (χ0) is 12.6. The van der Waals surface area contributed by atoms with Crippen LogP contribution < -0.4 is 5.56 Å². The van der Waals surface area contributed by atoms with E-state index >= 15 is 0 Å². The summed E-state index contributed by atoms with van der Waals surface area (Å²) in [6.07, 6.45) is 0. The summed E-state index contributed by atoms with van der Waals surface area (Å²) in [7, 11) is 0. The highest BCUT2D eigenvalue weighted by Crippen LogP contribution is 2.16. The van der Waals surface area contributed by atoms with Crippen LogP contribution >= 0.6 is 15.9 Å². The van der Waals surface area contributed by atoms with Crippen LogP contribution in [-0.4, -0.2) is 14.7 Å². The summed E-state index contributed by atoms with van der Waals surface area (Å²) >= 11 is 3.15. The van der Waals surface area contributed by atoms with Gasteiger partial charge in [0.05, 0.1) is 10.6 Å². The Morgan fingerprint density at radius 3 is 2.71 bits per heavy atom. The smallest absolute Gasteiger partial charge is 0.285 e. The first-order valence-corrected chi connectivity index (χ1v) is 5.52. The maximum atomic E-state index is 11.8. The molecule has 0 radical (unpaired) electrons. The predicted molar refractivity (Wildman–Crippen MR) is 65.5 cm³/mol. The molecule has 6 nitrogen and oxygen atoms in total. The molecule has 1 heterocycles. The lowest BCUT2D eigenvalue weighted by molar-refractivity contribution is -0.384. The number of hydrogen-bond donors (Lipinski definition) is 1. The molecule has 0 spiro atoms. The Bertz CT molecular complexity index is 644. The molecule has 0 amide bonds. The van der Waals surface area contributed by atoms with Crippen molar-refractivity contribution >= 4 is 21.6 Å². The second kappa shape index (κ2) is 4.17. The van der Waals surface area contributed by atoms with Crippen LogP contribution in [0.4, 0.5) is 5.69 Å². The van der Waals surface area contributed by atoms with E-state index in [2.05, 4.69) is 21.0 Å². The van der Waals surface area contributed by atoms with Crippen molar-refractivity contribution in [3.8, 4) is 5.69 Å². The third-order valence-corrected chi connectivity index (χ3v) is 3.23. The van der Waals surface area contributed by atoms with Gasteiger partial charge >= 0.3 is 0 Å². The Kier molecular flexibility index (Phi) is 2.84. The van der Waals surface area contributed by atoms with Gasteiger partial charge < -0.3 is 0 Å². The van der Waals surface area contributed by atoms with Crippen molar-refractivity contribution in [2.45, 2.75) is 6.92 Å². The number of nitro benzene ring substituents is 1. The number of aryl methyl sites for hydroxylation is 1. The number of nitro groups is 1. The summed E-state index contributed by atoms with van der Waals surface area (Å²) in [6, 6.07) is 5.87. The summed E-state index contributed by atoms with van der Waals surface area (Å²) in [4.78, 5) is 21.9. The van der Waals surface area contributed by atoms with E-state index in [1.165, 1.54) is 22.9 Å². The summed E-state index contributed by atoms with van der Waals surface area (Å²) in [5.74, 6) is 0. The maximum Gasteiger partial charge on any atom is 0.285 e. The van der Waals surface area contributed by atoms with Gasteiger partial charge in [-0.1, -0.05) is 6.07 Å². The molecule has 0 fully saturated rings. The number of halogens is 1. The molecule has 0 saturated heterocycles. The highest BCUT2D eigenvalue weighted by atomic mass is 79.9. The molecule has 1 aromatic carbocycles. The van der Waals surface area contributed by atoms with Crippen LogP contribution in [-0.2, 0) is 0 Å². The molecule has 2 rings (SSSR count). The number of nitrogens with zero attached hydrogens (tertiary/aromatic N) is 2. The van der Waals surface area contributed by atoms with Gasteiger partial charge in [-0.3, -0.25) is 20.0 Å². The first kappa shape index (κ1) is 11.6. The standard InChI is InChI=1S/C10H8BrN3O3/c1-6-9(11)10(15)13(12-6)7-3-2-4-8(5-7)14(16)17/h2-5,12H,1H3. The van der Waals surface area contributed by atoms with E-state index in [1.807, 2.05) is 0 Å². The molecule has 0 saturated carbocycles. The number of benzene rings is 1. The molecule has 0 unspecified atom stereocenters. The number of aromatic amines is 1. The van der Waals surface area contributed by atoms with Crippen molar-refractivity contribution in [1.82, 2.24) is 9.78 Å². The average molecular weight is 298 g/mol. The lowest BCUT2D eigenvalue weighted by Gasteiger charge is -2.00. The second-order valence-corrected chi connectivity index (χ2v) is 4.26. The summed E-state index contributed by atoms with van der Waals surface area (Å²) in [6.45, 7) is 1.74. The third-order valence-electron chi connectivity index (χ3n) is 2.30. The van der Waals surface area contributed by atoms with Gasteiger partial charge in [-0.05, 0) is 28.9 Å². The predicted octanol–water partition coefficient (Wildman–Crippen LogP) is 2.14. The molecule has 0 aliphatic carbocycles. The van der Waals surface area contributed by atoms with Crippen LogP contribution in [0.5, 0.6) is 0 Å². The van der Waals surface area contributed by atoms with Crippen molar-refractivity contribution in [2.24, 2.45) is 0 Å². The van der Waals surface area contributed by atoms with E-state index in [1.54, 1.807) is 13.0 Å². The highest BCUT2D eigenvalue weighted by Gasteiger charge is 2.12. The van der Waals surface area contributed by atoms with Gasteiger partial charge in [0.1, 0.15) is 4.47 Å². The molecule has 17 heavy (non-hydrogen) atoms. The quantitative estimate of drug-likeness (QED) is 0.681. The SMILES string of the molecule is Cc1[nH]n(-c2cccc([N+](=O)[O-])c2)c(=O)c1Br. The Morgan fingerprint density at radius 2 is 2.18 bits per heavy atom. The molecule has 0 bridgehead atoms. The van der Waals surface area contributed by atoms with Crippen LogP contribution in [0.1, 0.15) is 5.69 Å². The topological polar surface area (TPSA) is 80.9 Å². The lowest BCUT2D eigenvalue weighted by atomic mass is 10.3. The Balaban J connectivity index is 2.61. The molecular formula is C10H8BrN3O3. The molecule has 1 N–H and O–H groups in total. The van der Waals surface area contributed by atoms with Gasteiger partial charge in [-0.2, -0.15) is 0 Å². The number of non-ortho nitro benzene ring substituents is 1. The number of aromatic nitrogens is 2. The monoisotopic (exact) mass is 297 g/mol. The average Bonchev–Trinajstić information content (AvgIpc) is 2.57. The maximum absolute atomic E-state index is 11.8. The fourth-order valence-corrected chi connectivity index (χ4v) is 1.72. The van der Waals surface area contributed by atoms with Gasteiger partial charge in [-0.25, -0.2) is 4.68 Å². The van der Waals surface area contributed by atoms with Crippen molar-refractivity contribution in [3.05, 3.63) is 54.9 Å². The van der Waals surface area contributed by atoms with Gasteiger partial charge in [0.2, 0.25) is 0 Å². The summed E-state index contributed by atoms with van der Waals surface area (Å²) in [5.41, 5.74) is 0.764.